The van der Waals surface area contributed by atoms with E-state index in [2.05, 4.69) is 5.10 Å². The van der Waals surface area contributed by atoms with E-state index in [1.807, 2.05) is 30.3 Å². The third-order valence-electron chi connectivity index (χ3n) is 2.50. The van der Waals surface area contributed by atoms with Crippen LogP contribution in [0.25, 0.3) is 5.69 Å². The molecule has 0 bridgehead atoms. The molecule has 18 heavy (non-hydrogen) atoms. The van der Waals surface area contributed by atoms with E-state index >= 15 is 0 Å². The molecule has 0 aliphatic carbocycles. The lowest BCUT2D eigenvalue weighted by Crippen LogP contribution is -2.09. The van der Waals surface area contributed by atoms with Crippen LogP contribution >= 0.6 is 0 Å². The van der Waals surface area contributed by atoms with Crippen LogP contribution in [0.15, 0.2) is 36.5 Å². The summed E-state index contributed by atoms with van der Waals surface area (Å²) >= 11 is 0. The number of esters is 1. The zero-order chi connectivity index (χ0) is 13.0. The fourth-order valence-corrected chi connectivity index (χ4v) is 1.65. The van der Waals surface area contributed by atoms with E-state index in [9.17, 15) is 4.79 Å². The number of rotatable bonds is 4. The summed E-state index contributed by atoms with van der Waals surface area (Å²) in [5, 5.41) is 4.29. The van der Waals surface area contributed by atoms with Crippen LogP contribution in [0.2, 0.25) is 0 Å². The molecule has 5 heteroatoms. The molecule has 1 aromatic heterocycles. The first kappa shape index (κ1) is 12.3. The van der Waals surface area contributed by atoms with Crippen molar-refractivity contribution in [2.75, 3.05) is 6.61 Å². The van der Waals surface area contributed by atoms with Crippen LogP contribution in [-0.4, -0.2) is 22.4 Å². The van der Waals surface area contributed by atoms with Crippen LogP contribution < -0.4 is 5.73 Å². The molecule has 0 unspecified atom stereocenters. The quantitative estimate of drug-likeness (QED) is 0.829. The molecule has 0 atom stereocenters. The highest BCUT2D eigenvalue weighted by atomic mass is 16.5. The first-order valence-electron chi connectivity index (χ1n) is 5.77. The highest BCUT2D eigenvalue weighted by Crippen LogP contribution is 2.13. The largest absolute Gasteiger partial charge is 0.462 e. The molecule has 2 N–H and O–H groups in total. The van der Waals surface area contributed by atoms with Gasteiger partial charge in [0.05, 0.1) is 18.0 Å². The Kier molecular flexibility index (Phi) is 3.74. The number of carbonyl (C=O) groups excluding carboxylic acids is 1. The van der Waals surface area contributed by atoms with Crippen molar-refractivity contribution in [2.24, 2.45) is 5.73 Å². The SMILES string of the molecule is CCOC(=O)c1cn(-c2ccccc2)nc1CN. The highest BCUT2D eigenvalue weighted by molar-refractivity contribution is 5.90. The summed E-state index contributed by atoms with van der Waals surface area (Å²) in [6, 6.07) is 9.54. The van der Waals surface area contributed by atoms with Gasteiger partial charge in [-0.25, -0.2) is 9.48 Å². The summed E-state index contributed by atoms with van der Waals surface area (Å²) < 4.78 is 6.61. The Morgan fingerprint density at radius 2 is 2.11 bits per heavy atom. The summed E-state index contributed by atoms with van der Waals surface area (Å²) in [6.07, 6.45) is 1.65. The molecule has 94 valence electrons. The lowest BCUT2D eigenvalue weighted by molar-refractivity contribution is 0.0525. The molecular formula is C13H15N3O2. The van der Waals surface area contributed by atoms with Gasteiger partial charge in [-0.3, -0.25) is 0 Å². The Morgan fingerprint density at radius 3 is 2.72 bits per heavy atom. The van der Waals surface area contributed by atoms with Gasteiger partial charge in [0.15, 0.2) is 0 Å². The topological polar surface area (TPSA) is 70.1 Å². The van der Waals surface area contributed by atoms with E-state index in [0.29, 0.717) is 17.9 Å². The zero-order valence-electron chi connectivity index (χ0n) is 10.2. The number of para-hydroxylation sites is 1. The minimum atomic E-state index is -0.389. The Bertz CT molecular complexity index is 534. The molecule has 2 aromatic rings. The minimum absolute atomic E-state index is 0.202. The second kappa shape index (κ2) is 5.46. The van der Waals surface area contributed by atoms with Crippen LogP contribution in [0.3, 0.4) is 0 Å². The lowest BCUT2D eigenvalue weighted by atomic mass is 10.2. The number of carbonyl (C=O) groups is 1. The number of ether oxygens (including phenoxy) is 1. The minimum Gasteiger partial charge on any atom is -0.462 e. The van der Waals surface area contributed by atoms with Gasteiger partial charge in [0.25, 0.3) is 0 Å². The molecule has 0 spiro atoms. The molecule has 0 amide bonds. The van der Waals surface area contributed by atoms with Gasteiger partial charge in [-0.2, -0.15) is 5.10 Å². The van der Waals surface area contributed by atoms with Crippen LogP contribution in [0.4, 0.5) is 0 Å². The van der Waals surface area contributed by atoms with Crippen LogP contribution in [0.5, 0.6) is 0 Å². The van der Waals surface area contributed by atoms with Gasteiger partial charge in [-0.15, -0.1) is 0 Å². The number of benzene rings is 1. The van der Waals surface area contributed by atoms with E-state index in [-0.39, 0.29) is 12.5 Å². The predicted octanol–water partition coefficient (Wildman–Crippen LogP) is 1.51. The van der Waals surface area contributed by atoms with Gasteiger partial charge in [-0.05, 0) is 19.1 Å². The molecule has 5 nitrogen and oxygen atoms in total. The predicted molar refractivity (Wildman–Crippen MR) is 67.4 cm³/mol. The number of nitrogens with two attached hydrogens (primary N) is 1. The van der Waals surface area contributed by atoms with Crippen molar-refractivity contribution in [1.29, 1.82) is 0 Å². The maximum atomic E-state index is 11.7. The Labute approximate surface area is 105 Å². The molecule has 0 saturated carbocycles. The first-order chi connectivity index (χ1) is 8.76. The second-order valence-electron chi connectivity index (χ2n) is 3.69. The van der Waals surface area contributed by atoms with Gasteiger partial charge >= 0.3 is 5.97 Å². The third kappa shape index (κ3) is 2.41. The number of aromatic nitrogens is 2. The molecule has 1 aromatic carbocycles. The Morgan fingerprint density at radius 1 is 1.39 bits per heavy atom. The number of nitrogens with zero attached hydrogens (tertiary/aromatic N) is 2. The van der Waals surface area contributed by atoms with E-state index in [1.54, 1.807) is 17.8 Å². The fourth-order valence-electron chi connectivity index (χ4n) is 1.65. The summed E-state index contributed by atoms with van der Waals surface area (Å²) in [4.78, 5) is 11.7. The van der Waals surface area contributed by atoms with Crippen molar-refractivity contribution in [2.45, 2.75) is 13.5 Å². The average molecular weight is 245 g/mol. The van der Waals surface area contributed by atoms with E-state index < -0.39 is 0 Å². The Balaban J connectivity index is 2.38. The Hall–Kier alpha value is -2.14. The van der Waals surface area contributed by atoms with Gasteiger partial charge in [0.1, 0.15) is 5.56 Å². The van der Waals surface area contributed by atoms with Crippen LogP contribution in [-0.2, 0) is 11.3 Å². The van der Waals surface area contributed by atoms with Crippen molar-refractivity contribution in [3.05, 3.63) is 47.8 Å². The third-order valence-corrected chi connectivity index (χ3v) is 2.50. The maximum Gasteiger partial charge on any atom is 0.341 e. The summed E-state index contributed by atoms with van der Waals surface area (Å²) in [5.41, 5.74) is 7.43. The maximum absolute atomic E-state index is 11.7. The van der Waals surface area contributed by atoms with Crippen molar-refractivity contribution in [3.8, 4) is 5.69 Å². The molecule has 2 rings (SSSR count). The standard InChI is InChI=1S/C13H15N3O2/c1-2-18-13(17)11-9-16(15-12(11)8-14)10-6-4-3-5-7-10/h3-7,9H,2,8,14H2,1H3. The molecule has 1 heterocycles. The normalized spacial score (nSPS) is 10.3. The molecule has 0 aliphatic rings. The molecule has 0 radical (unpaired) electrons. The van der Waals surface area contributed by atoms with Crippen LogP contribution in [0.1, 0.15) is 23.0 Å². The molecular weight excluding hydrogens is 230 g/mol. The number of hydrogen-bond acceptors (Lipinski definition) is 4. The number of hydrogen-bond donors (Lipinski definition) is 1. The second-order valence-corrected chi connectivity index (χ2v) is 3.69. The van der Waals surface area contributed by atoms with Crippen molar-refractivity contribution >= 4 is 5.97 Å². The average Bonchev–Trinajstić information content (AvgIpc) is 2.84. The van der Waals surface area contributed by atoms with Crippen molar-refractivity contribution < 1.29 is 9.53 Å². The van der Waals surface area contributed by atoms with E-state index in [4.69, 9.17) is 10.5 Å². The monoisotopic (exact) mass is 245 g/mol. The lowest BCUT2D eigenvalue weighted by Gasteiger charge is -1.99. The van der Waals surface area contributed by atoms with Gasteiger partial charge in [0, 0.05) is 12.7 Å². The van der Waals surface area contributed by atoms with Crippen molar-refractivity contribution in [1.82, 2.24) is 9.78 Å². The molecule has 0 aliphatic heterocycles. The van der Waals surface area contributed by atoms with E-state index in [0.717, 1.165) is 5.69 Å². The fraction of sp³-hybridized carbons (Fsp3) is 0.231. The van der Waals surface area contributed by atoms with Crippen LogP contribution in [0, 0.1) is 0 Å². The van der Waals surface area contributed by atoms with Gasteiger partial charge in [-0.1, -0.05) is 18.2 Å². The summed E-state index contributed by atoms with van der Waals surface area (Å²) in [5.74, 6) is -0.389. The highest BCUT2D eigenvalue weighted by Gasteiger charge is 2.16. The molecule has 0 saturated heterocycles. The summed E-state index contributed by atoms with van der Waals surface area (Å²) in [7, 11) is 0. The van der Waals surface area contributed by atoms with Crippen molar-refractivity contribution in [3.63, 3.8) is 0 Å². The van der Waals surface area contributed by atoms with Gasteiger partial charge in [0.2, 0.25) is 0 Å². The zero-order valence-corrected chi connectivity index (χ0v) is 10.2. The van der Waals surface area contributed by atoms with E-state index in [1.165, 1.54) is 0 Å². The first-order valence-corrected chi connectivity index (χ1v) is 5.77. The smallest absolute Gasteiger partial charge is 0.341 e. The summed E-state index contributed by atoms with van der Waals surface area (Å²) in [6.45, 7) is 2.30. The van der Waals surface area contributed by atoms with Gasteiger partial charge < -0.3 is 10.5 Å². The molecule has 0 fully saturated rings.